The third-order valence-electron chi connectivity index (χ3n) is 8.28. The van der Waals surface area contributed by atoms with Gasteiger partial charge in [0.15, 0.2) is 23.3 Å². The van der Waals surface area contributed by atoms with Gasteiger partial charge in [-0.25, -0.2) is 29.9 Å². The van der Waals surface area contributed by atoms with Crippen molar-refractivity contribution in [1.29, 1.82) is 0 Å². The van der Waals surface area contributed by atoms with E-state index in [0.29, 0.717) is 45.9 Å². The largest absolute Gasteiger partial charge is 0.324 e. The van der Waals surface area contributed by atoms with Crippen molar-refractivity contribution in [1.82, 2.24) is 39.9 Å². The Labute approximate surface area is 281 Å². The number of nitrogens with one attached hydrogen (secondary N) is 2. The number of aromatic amines is 2. The summed E-state index contributed by atoms with van der Waals surface area (Å²) in [5.41, 5.74) is 6.45. The minimum absolute atomic E-state index is 0.597. The standard InChI is InChI=1S/C32H18N8.C6H6O.Ni/c1-2-10-18-17(9-1)25-33-26(18)38-28-21-13-5-6-14-22(21)30(35-28)40-32-24-16-8-7-15-23(24)31(36-32)39-29-20-12-4-3-11-19(20)27(34-29)37-25;7-6-4-2-1-3-5-6;/h1-16H,(H2,33,34,35,36,37,38,39,40);1-5,7H;/q;;+1/p-1. The van der Waals surface area contributed by atoms with E-state index in [9.17, 15) is 0 Å². The molecular formula is C38H23N8NiO. The number of fused-ring (bicyclic) bond motifs is 20. The first-order valence-corrected chi connectivity index (χ1v) is 15.6. The number of aromatic nitrogens is 8. The van der Waals surface area contributed by atoms with Crippen LogP contribution in [0, 0.1) is 0 Å². The molecule has 0 aliphatic carbocycles. The second kappa shape index (κ2) is 11.5. The molecule has 0 fully saturated rings. The van der Waals surface area contributed by atoms with Crippen molar-refractivity contribution in [2.24, 2.45) is 0 Å². The number of hydrogen-bond donors (Lipinski definition) is 2. The molecule has 0 atom stereocenters. The fraction of sp³-hybridized carbons (Fsp3) is 0. The number of H-pyrrole nitrogens is 2. The van der Waals surface area contributed by atoms with E-state index in [4.69, 9.17) is 29.9 Å². The van der Waals surface area contributed by atoms with Crippen molar-refractivity contribution >= 4 is 44.1 Å². The monoisotopic (exact) mass is 665 g/mol. The summed E-state index contributed by atoms with van der Waals surface area (Å²) in [7, 11) is 0. The molecule has 0 saturated carbocycles. The number of para-hydroxylation sites is 1. The molecule has 0 radical (unpaired) electrons. The van der Waals surface area contributed by atoms with Crippen molar-refractivity contribution in [3.63, 3.8) is 0 Å². The summed E-state index contributed by atoms with van der Waals surface area (Å²) in [6.07, 6.45) is 0. The SMILES string of the molecule is [Ni][O]c1ccccc1.c1ccc2c(c1)-c1nc-2nc2[nH]c(nc3nc(nc4[nH]c(n1)c1ccccc41)-c1ccccc1-3)c1ccccc21. The summed E-state index contributed by atoms with van der Waals surface area (Å²) in [6.45, 7) is 0. The molecular weight excluding hydrogens is 643 g/mol. The van der Waals surface area contributed by atoms with Gasteiger partial charge in [0, 0.05) is 43.8 Å². The van der Waals surface area contributed by atoms with Crippen LogP contribution in [0.4, 0.5) is 0 Å². The molecule has 0 spiro atoms. The van der Waals surface area contributed by atoms with Crippen LogP contribution in [0.25, 0.3) is 89.7 Å². The molecule has 5 aromatic carbocycles. The van der Waals surface area contributed by atoms with Crippen molar-refractivity contribution in [2.45, 2.75) is 0 Å². The average Bonchev–Trinajstić information content (AvgIpc) is 3.88. The molecule has 0 saturated heterocycles. The molecule has 2 N–H and O–H groups in total. The fourth-order valence-corrected chi connectivity index (χ4v) is 6.19. The Morgan fingerprint density at radius 1 is 0.354 bits per heavy atom. The molecule has 2 aliphatic rings. The second-order valence-electron chi connectivity index (χ2n) is 11.2. The molecule has 8 bridgehead atoms. The normalized spacial score (nSPS) is 11.5. The minimum atomic E-state index is 0.597. The Morgan fingerprint density at radius 3 is 0.938 bits per heavy atom. The Hall–Kier alpha value is -6.25. The summed E-state index contributed by atoms with van der Waals surface area (Å²) in [6, 6.07) is 41.6. The van der Waals surface area contributed by atoms with Crippen LogP contribution in [0.2, 0.25) is 0 Å². The molecule has 10 heteroatoms. The van der Waals surface area contributed by atoms with E-state index in [-0.39, 0.29) is 0 Å². The molecule has 5 heterocycles. The van der Waals surface area contributed by atoms with Crippen LogP contribution in [0.1, 0.15) is 0 Å². The third kappa shape index (κ3) is 4.78. The van der Waals surface area contributed by atoms with Crippen LogP contribution in [-0.4, -0.2) is 39.9 Å². The van der Waals surface area contributed by atoms with Crippen LogP contribution in [-0.2, 0) is 15.8 Å². The van der Waals surface area contributed by atoms with Gasteiger partial charge in [-0.2, -0.15) is 0 Å². The van der Waals surface area contributed by atoms with E-state index in [2.05, 4.69) is 29.6 Å². The fourth-order valence-electron chi connectivity index (χ4n) is 6.05. The van der Waals surface area contributed by atoms with E-state index < -0.39 is 0 Å². The van der Waals surface area contributed by atoms with Crippen LogP contribution >= 0.6 is 0 Å². The first-order chi connectivity index (χ1) is 23.7. The summed E-state index contributed by atoms with van der Waals surface area (Å²) in [4.78, 5) is 36.8. The average molecular weight is 666 g/mol. The van der Waals surface area contributed by atoms with Gasteiger partial charge in [-0.05, 0) is 0 Å². The Kier molecular flexibility index (Phi) is 6.73. The summed E-state index contributed by atoms with van der Waals surface area (Å²) >= 11 is 4.05. The van der Waals surface area contributed by atoms with Crippen LogP contribution in [0.15, 0.2) is 127 Å². The van der Waals surface area contributed by atoms with E-state index in [0.717, 1.165) is 49.5 Å². The van der Waals surface area contributed by atoms with Gasteiger partial charge in [-0.1, -0.05) is 97.1 Å². The van der Waals surface area contributed by atoms with Crippen LogP contribution in [0.3, 0.4) is 0 Å². The zero-order chi connectivity index (χ0) is 32.0. The van der Waals surface area contributed by atoms with Gasteiger partial charge in [-0.15, -0.1) is 0 Å². The minimum Gasteiger partial charge on any atom is -0.324 e. The number of rotatable bonds is 1. The van der Waals surface area contributed by atoms with Crippen molar-refractivity contribution in [3.05, 3.63) is 127 Å². The zero-order valence-corrected chi connectivity index (χ0v) is 26.0. The summed E-state index contributed by atoms with van der Waals surface area (Å²) in [5.74, 6) is 3.13. The second-order valence-corrected chi connectivity index (χ2v) is 11.4. The topological polar surface area (TPSA) is 118 Å². The first-order valence-electron chi connectivity index (χ1n) is 15.2. The maximum absolute atomic E-state index is 5.02. The Balaban J connectivity index is 0.000000347. The van der Waals surface area contributed by atoms with E-state index in [1.165, 1.54) is 0 Å². The number of nitrogens with zero attached hydrogens (tertiary/aromatic N) is 6. The summed E-state index contributed by atoms with van der Waals surface area (Å²) < 4.78 is 4.54. The van der Waals surface area contributed by atoms with Gasteiger partial charge in [0.1, 0.15) is 22.6 Å². The van der Waals surface area contributed by atoms with E-state index >= 15 is 0 Å². The molecule has 9 nitrogen and oxygen atoms in total. The predicted octanol–water partition coefficient (Wildman–Crippen LogP) is 8.40. The Bertz CT molecular complexity index is 2370. The maximum Gasteiger partial charge on any atom is 0.164 e. The number of hydrogen-bond acceptors (Lipinski definition) is 7. The van der Waals surface area contributed by atoms with E-state index in [1.54, 1.807) is 0 Å². The zero-order valence-electron chi connectivity index (χ0n) is 25.0. The van der Waals surface area contributed by atoms with Gasteiger partial charge < -0.3 is 9.97 Å². The maximum atomic E-state index is 5.02. The molecule has 2 aliphatic heterocycles. The predicted molar refractivity (Wildman–Crippen MR) is 183 cm³/mol. The van der Waals surface area contributed by atoms with Gasteiger partial charge in [-0.3, -0.25) is 0 Å². The Morgan fingerprint density at radius 2 is 0.646 bits per heavy atom. The number of benzene rings is 5. The van der Waals surface area contributed by atoms with Gasteiger partial charge in [0.25, 0.3) is 0 Å². The van der Waals surface area contributed by atoms with Gasteiger partial charge in [0.2, 0.25) is 0 Å². The van der Waals surface area contributed by atoms with Crippen LogP contribution < -0.4 is 3.88 Å². The molecule has 231 valence electrons. The molecule has 3 aromatic heterocycles. The van der Waals surface area contributed by atoms with Crippen molar-refractivity contribution in [2.75, 3.05) is 0 Å². The molecule has 48 heavy (non-hydrogen) atoms. The molecule has 0 unspecified atom stereocenters. The molecule has 0 amide bonds. The molecule has 10 rings (SSSR count). The smallest absolute Gasteiger partial charge is 0.164 e. The quantitative estimate of drug-likeness (QED) is 0.169. The molecule has 8 aromatic rings. The first kappa shape index (κ1) is 28.0. The van der Waals surface area contributed by atoms with Gasteiger partial charge in [0.05, 0.1) is 0 Å². The van der Waals surface area contributed by atoms with Crippen molar-refractivity contribution in [3.8, 4) is 51.3 Å². The van der Waals surface area contributed by atoms with Gasteiger partial charge >= 0.3 is 55.7 Å². The third-order valence-corrected chi connectivity index (χ3v) is 8.51. The summed E-state index contributed by atoms with van der Waals surface area (Å²) in [5, 5.41) is 3.82. The van der Waals surface area contributed by atoms with Crippen molar-refractivity contribution < 1.29 is 19.7 Å². The van der Waals surface area contributed by atoms with Crippen LogP contribution in [0.5, 0.6) is 5.75 Å². The van der Waals surface area contributed by atoms with E-state index in [1.807, 2.05) is 127 Å².